The van der Waals surface area contributed by atoms with E-state index < -0.39 is 11.0 Å². The highest BCUT2D eigenvalue weighted by Gasteiger charge is 2.28. The van der Waals surface area contributed by atoms with Crippen LogP contribution in [0.3, 0.4) is 0 Å². The number of hydrogen-bond donors (Lipinski definition) is 2. The van der Waals surface area contributed by atoms with E-state index in [9.17, 15) is 15.2 Å². The number of nitro benzene ring substituents is 1. The van der Waals surface area contributed by atoms with Gasteiger partial charge in [-0.25, -0.2) is 4.98 Å². The van der Waals surface area contributed by atoms with E-state index in [4.69, 9.17) is 11.6 Å². The van der Waals surface area contributed by atoms with Crippen LogP contribution in [0.15, 0.2) is 30.6 Å². The first-order chi connectivity index (χ1) is 11.1. The molecule has 1 aromatic carbocycles. The van der Waals surface area contributed by atoms with Gasteiger partial charge in [0, 0.05) is 37.6 Å². The molecule has 8 heteroatoms. The van der Waals surface area contributed by atoms with Crippen molar-refractivity contribution in [3.05, 3.63) is 51.6 Å². The Kier molecular flexibility index (Phi) is 4.49. The lowest BCUT2D eigenvalue weighted by Gasteiger charge is -2.35. The van der Waals surface area contributed by atoms with E-state index in [1.807, 2.05) is 0 Å². The van der Waals surface area contributed by atoms with Gasteiger partial charge in [-0.15, -0.1) is 0 Å². The zero-order valence-corrected chi connectivity index (χ0v) is 13.1. The van der Waals surface area contributed by atoms with Gasteiger partial charge in [-0.1, -0.05) is 11.6 Å². The molecule has 23 heavy (non-hydrogen) atoms. The number of non-ortho nitro benzene ring substituents is 1. The standard InChI is InChI=1S/C15H17ClN4O3/c16-12-9-11(20(22)23)1-2-13(12)19-7-3-10(4-8-19)14(21)15-17-5-6-18-15/h1-2,5-6,9-10,14,21H,3-4,7-8H2,(H,17,18). The molecule has 2 heterocycles. The molecule has 0 spiro atoms. The van der Waals surface area contributed by atoms with Crippen LogP contribution in [-0.2, 0) is 0 Å². The molecule has 122 valence electrons. The fraction of sp³-hybridized carbons (Fsp3) is 0.400. The van der Waals surface area contributed by atoms with Crippen molar-refractivity contribution in [3.8, 4) is 0 Å². The maximum Gasteiger partial charge on any atom is 0.271 e. The Morgan fingerprint density at radius 2 is 2.17 bits per heavy atom. The van der Waals surface area contributed by atoms with E-state index in [-0.39, 0.29) is 11.6 Å². The lowest BCUT2D eigenvalue weighted by atomic mass is 9.90. The lowest BCUT2D eigenvalue weighted by Crippen LogP contribution is -2.36. The number of aliphatic hydroxyl groups is 1. The Bertz CT molecular complexity index is 684. The van der Waals surface area contributed by atoms with Crippen molar-refractivity contribution in [3.63, 3.8) is 0 Å². The Morgan fingerprint density at radius 1 is 1.43 bits per heavy atom. The summed E-state index contributed by atoms with van der Waals surface area (Å²) < 4.78 is 0. The molecular formula is C15H17ClN4O3. The fourth-order valence-corrected chi connectivity index (χ4v) is 3.28. The molecule has 2 aromatic rings. The van der Waals surface area contributed by atoms with Gasteiger partial charge in [-0.3, -0.25) is 10.1 Å². The van der Waals surface area contributed by atoms with Gasteiger partial charge in [0.25, 0.3) is 5.69 Å². The Morgan fingerprint density at radius 3 is 2.74 bits per heavy atom. The molecule has 1 fully saturated rings. The lowest BCUT2D eigenvalue weighted by molar-refractivity contribution is -0.384. The first-order valence-corrected chi connectivity index (χ1v) is 7.80. The summed E-state index contributed by atoms with van der Waals surface area (Å²) in [5.41, 5.74) is 0.782. The first-order valence-electron chi connectivity index (χ1n) is 7.42. The number of halogens is 1. The van der Waals surface area contributed by atoms with Crippen LogP contribution in [0.25, 0.3) is 0 Å². The van der Waals surface area contributed by atoms with E-state index in [0.717, 1.165) is 31.6 Å². The molecule has 1 aliphatic heterocycles. The van der Waals surface area contributed by atoms with Gasteiger partial charge in [0.15, 0.2) is 0 Å². The minimum Gasteiger partial charge on any atom is -0.385 e. The van der Waals surface area contributed by atoms with Gasteiger partial charge in [0.2, 0.25) is 0 Å². The number of aromatic amines is 1. The number of piperidine rings is 1. The molecule has 0 radical (unpaired) electrons. The average molecular weight is 337 g/mol. The summed E-state index contributed by atoms with van der Waals surface area (Å²) in [5, 5.41) is 21.5. The number of H-pyrrole nitrogens is 1. The molecule has 0 aliphatic carbocycles. The number of nitrogens with zero attached hydrogens (tertiary/aromatic N) is 3. The van der Waals surface area contributed by atoms with Gasteiger partial charge in [0.1, 0.15) is 11.9 Å². The van der Waals surface area contributed by atoms with E-state index in [2.05, 4.69) is 14.9 Å². The third-order valence-electron chi connectivity index (χ3n) is 4.27. The molecule has 0 saturated carbocycles. The fourth-order valence-electron chi connectivity index (χ4n) is 2.98. The second-order valence-electron chi connectivity index (χ2n) is 5.64. The smallest absolute Gasteiger partial charge is 0.271 e. The van der Waals surface area contributed by atoms with Crippen LogP contribution in [0.4, 0.5) is 11.4 Å². The van der Waals surface area contributed by atoms with Crippen LogP contribution >= 0.6 is 11.6 Å². The zero-order chi connectivity index (χ0) is 16.4. The SMILES string of the molecule is O=[N+]([O-])c1ccc(N2CCC(C(O)c3ncc[nH]3)CC2)c(Cl)c1. The molecule has 3 rings (SSSR count). The molecule has 2 N–H and O–H groups in total. The van der Waals surface area contributed by atoms with Crippen molar-refractivity contribution in [2.45, 2.75) is 18.9 Å². The van der Waals surface area contributed by atoms with E-state index >= 15 is 0 Å². The summed E-state index contributed by atoms with van der Waals surface area (Å²) in [6.45, 7) is 1.47. The summed E-state index contributed by atoms with van der Waals surface area (Å²) in [5.74, 6) is 0.728. The molecule has 1 aliphatic rings. The predicted molar refractivity (Wildman–Crippen MR) is 86.6 cm³/mol. The monoisotopic (exact) mass is 336 g/mol. The zero-order valence-electron chi connectivity index (χ0n) is 12.4. The quantitative estimate of drug-likeness (QED) is 0.661. The Balaban J connectivity index is 1.66. The molecule has 1 atom stereocenters. The van der Waals surface area contributed by atoms with Gasteiger partial charge in [-0.2, -0.15) is 0 Å². The number of benzene rings is 1. The van der Waals surface area contributed by atoms with Crippen LogP contribution in [-0.4, -0.2) is 33.1 Å². The maximum absolute atomic E-state index is 10.8. The predicted octanol–water partition coefficient (Wildman–Crippen LogP) is 2.92. The molecule has 1 saturated heterocycles. The van der Waals surface area contributed by atoms with Gasteiger partial charge in [0.05, 0.1) is 15.6 Å². The highest BCUT2D eigenvalue weighted by Crippen LogP contribution is 2.35. The summed E-state index contributed by atoms with van der Waals surface area (Å²) in [6.07, 6.45) is 4.33. The molecule has 0 amide bonds. The Labute approximate surface area is 138 Å². The van der Waals surface area contributed by atoms with Gasteiger partial charge < -0.3 is 15.0 Å². The van der Waals surface area contributed by atoms with Gasteiger partial charge in [-0.05, 0) is 24.8 Å². The molecule has 1 aromatic heterocycles. The van der Waals surface area contributed by atoms with E-state index in [0.29, 0.717) is 10.8 Å². The summed E-state index contributed by atoms with van der Waals surface area (Å²) >= 11 is 6.18. The average Bonchev–Trinajstić information content (AvgIpc) is 3.08. The van der Waals surface area contributed by atoms with Crippen molar-refractivity contribution in [2.24, 2.45) is 5.92 Å². The second-order valence-corrected chi connectivity index (χ2v) is 6.04. The maximum atomic E-state index is 10.8. The van der Waals surface area contributed by atoms with E-state index in [1.54, 1.807) is 18.5 Å². The van der Waals surface area contributed by atoms with E-state index in [1.165, 1.54) is 12.1 Å². The minimum atomic E-state index is -0.598. The number of aliphatic hydroxyl groups excluding tert-OH is 1. The van der Waals surface area contributed by atoms with Crippen molar-refractivity contribution in [1.82, 2.24) is 9.97 Å². The molecule has 7 nitrogen and oxygen atoms in total. The highest BCUT2D eigenvalue weighted by molar-refractivity contribution is 6.33. The molecule has 1 unspecified atom stereocenters. The third kappa shape index (κ3) is 3.30. The molecular weight excluding hydrogens is 320 g/mol. The van der Waals surface area contributed by atoms with Crippen molar-refractivity contribution in [2.75, 3.05) is 18.0 Å². The second kappa shape index (κ2) is 6.55. The largest absolute Gasteiger partial charge is 0.385 e. The summed E-state index contributed by atoms with van der Waals surface area (Å²) in [4.78, 5) is 19.5. The van der Waals surface area contributed by atoms with Crippen molar-refractivity contribution >= 4 is 23.0 Å². The van der Waals surface area contributed by atoms with Crippen LogP contribution in [0.1, 0.15) is 24.8 Å². The van der Waals surface area contributed by atoms with Crippen molar-refractivity contribution < 1.29 is 10.0 Å². The topological polar surface area (TPSA) is 95.3 Å². The summed E-state index contributed by atoms with van der Waals surface area (Å²) in [7, 11) is 0. The number of anilines is 1. The normalized spacial score (nSPS) is 17.2. The van der Waals surface area contributed by atoms with Crippen molar-refractivity contribution in [1.29, 1.82) is 0 Å². The number of imidazole rings is 1. The van der Waals surface area contributed by atoms with Crippen LogP contribution in [0.5, 0.6) is 0 Å². The Hall–Kier alpha value is -2.12. The number of rotatable bonds is 4. The third-order valence-corrected chi connectivity index (χ3v) is 4.57. The number of nitro groups is 1. The highest BCUT2D eigenvalue weighted by atomic mass is 35.5. The first kappa shape index (κ1) is 15.8. The van der Waals surface area contributed by atoms with Crippen LogP contribution < -0.4 is 4.90 Å². The number of aromatic nitrogens is 2. The van der Waals surface area contributed by atoms with Crippen LogP contribution in [0, 0.1) is 16.0 Å². The summed E-state index contributed by atoms with van der Waals surface area (Å²) in [6, 6.07) is 4.52. The number of nitrogens with one attached hydrogen (secondary N) is 1. The number of hydrogen-bond acceptors (Lipinski definition) is 5. The molecule has 0 bridgehead atoms. The van der Waals surface area contributed by atoms with Gasteiger partial charge >= 0.3 is 0 Å². The minimum absolute atomic E-state index is 0.0122. The van der Waals surface area contributed by atoms with Crippen LogP contribution in [0.2, 0.25) is 5.02 Å².